The lowest BCUT2D eigenvalue weighted by atomic mass is 10.3. The molecule has 0 saturated heterocycles. The van der Waals surface area contributed by atoms with Crippen molar-refractivity contribution < 1.29 is 4.79 Å². The Labute approximate surface area is 179 Å². The summed E-state index contributed by atoms with van der Waals surface area (Å²) in [6.45, 7) is 2.00. The molecular formula is C19H20BrN5O3S. The van der Waals surface area contributed by atoms with Crippen LogP contribution in [0.25, 0.3) is 11.0 Å². The predicted octanol–water partition coefficient (Wildman–Crippen LogP) is 2.47. The first-order valence-corrected chi connectivity index (χ1v) is 10.7. The molecule has 0 fully saturated rings. The van der Waals surface area contributed by atoms with Crippen LogP contribution < -0.4 is 16.6 Å². The van der Waals surface area contributed by atoms with Gasteiger partial charge in [-0.2, -0.15) is 0 Å². The number of aryl methyl sites for hydroxylation is 2. The lowest BCUT2D eigenvalue weighted by Crippen LogP contribution is -2.38. The Balaban J connectivity index is 1.95. The molecule has 1 amide bonds. The largest absolute Gasteiger partial charge is 0.332 e. The lowest BCUT2D eigenvalue weighted by Gasteiger charge is -2.11. The van der Waals surface area contributed by atoms with Crippen LogP contribution in [0.1, 0.15) is 19.2 Å². The Kier molecular flexibility index (Phi) is 6.53. The minimum Gasteiger partial charge on any atom is -0.325 e. The zero-order chi connectivity index (χ0) is 21.1. The van der Waals surface area contributed by atoms with E-state index in [1.807, 2.05) is 19.1 Å². The summed E-state index contributed by atoms with van der Waals surface area (Å²) in [7, 11) is 2.99. The van der Waals surface area contributed by atoms with E-state index in [0.717, 1.165) is 27.2 Å². The third-order valence-corrected chi connectivity index (χ3v) is 5.76. The summed E-state index contributed by atoms with van der Waals surface area (Å²) in [6.07, 6.45) is 1.43. The number of carbonyl (C=O) groups excluding carboxylic acids is 1. The molecule has 0 atom stereocenters. The van der Waals surface area contributed by atoms with Gasteiger partial charge in [-0.05, 0) is 30.7 Å². The van der Waals surface area contributed by atoms with Crippen molar-refractivity contribution >= 4 is 50.3 Å². The van der Waals surface area contributed by atoms with Gasteiger partial charge in [0.2, 0.25) is 5.91 Å². The molecule has 0 bridgehead atoms. The first-order valence-electron chi connectivity index (χ1n) is 8.96. The van der Waals surface area contributed by atoms with Crippen LogP contribution in [0.4, 0.5) is 5.69 Å². The van der Waals surface area contributed by atoms with Crippen LogP contribution in [-0.4, -0.2) is 30.8 Å². The first kappa shape index (κ1) is 21.3. The molecule has 0 aliphatic rings. The van der Waals surface area contributed by atoms with Crippen molar-refractivity contribution in [2.75, 3.05) is 11.1 Å². The molecule has 10 heteroatoms. The van der Waals surface area contributed by atoms with Gasteiger partial charge >= 0.3 is 5.69 Å². The van der Waals surface area contributed by atoms with E-state index >= 15 is 0 Å². The molecule has 0 radical (unpaired) electrons. The van der Waals surface area contributed by atoms with Gasteiger partial charge in [0.25, 0.3) is 5.56 Å². The third kappa shape index (κ3) is 4.59. The summed E-state index contributed by atoms with van der Waals surface area (Å²) in [5, 5.41) is 3.46. The van der Waals surface area contributed by atoms with E-state index in [1.54, 1.807) is 19.2 Å². The number of fused-ring (bicyclic) bond motifs is 1. The highest BCUT2D eigenvalue weighted by molar-refractivity contribution is 9.10. The molecule has 0 spiro atoms. The molecule has 29 heavy (non-hydrogen) atoms. The Morgan fingerprint density at radius 2 is 1.83 bits per heavy atom. The summed E-state index contributed by atoms with van der Waals surface area (Å²) < 4.78 is 3.28. The average molecular weight is 478 g/mol. The van der Waals surface area contributed by atoms with Gasteiger partial charge in [-0.15, -0.1) is 0 Å². The van der Waals surface area contributed by atoms with Crippen molar-refractivity contribution in [2.45, 2.75) is 24.8 Å². The number of benzene rings is 1. The van der Waals surface area contributed by atoms with E-state index < -0.39 is 11.2 Å². The SMILES string of the molecule is CCCc1nc(SCC(=O)Nc2ccc(Br)cc2)c2c(=O)n(C)c(=O)n(C)c2n1. The number of nitrogens with zero attached hydrogens (tertiary/aromatic N) is 4. The zero-order valence-corrected chi connectivity index (χ0v) is 18.6. The summed E-state index contributed by atoms with van der Waals surface area (Å²) in [5.74, 6) is 0.390. The number of aromatic nitrogens is 4. The maximum absolute atomic E-state index is 12.7. The smallest absolute Gasteiger partial charge is 0.325 e. The van der Waals surface area contributed by atoms with Gasteiger partial charge < -0.3 is 5.32 Å². The van der Waals surface area contributed by atoms with Crippen LogP contribution in [0.3, 0.4) is 0 Å². The molecule has 8 nitrogen and oxygen atoms in total. The predicted molar refractivity (Wildman–Crippen MR) is 118 cm³/mol. The minimum atomic E-state index is -0.470. The van der Waals surface area contributed by atoms with Gasteiger partial charge in [-0.3, -0.25) is 18.7 Å². The van der Waals surface area contributed by atoms with Crippen molar-refractivity contribution in [3.05, 3.63) is 55.4 Å². The molecule has 0 unspecified atom stereocenters. The highest BCUT2D eigenvalue weighted by Gasteiger charge is 2.18. The van der Waals surface area contributed by atoms with Gasteiger partial charge in [0, 0.05) is 30.7 Å². The van der Waals surface area contributed by atoms with Crippen molar-refractivity contribution in [3.63, 3.8) is 0 Å². The lowest BCUT2D eigenvalue weighted by molar-refractivity contribution is -0.113. The van der Waals surface area contributed by atoms with Crippen molar-refractivity contribution in [1.29, 1.82) is 0 Å². The van der Waals surface area contributed by atoms with Gasteiger partial charge in [0.15, 0.2) is 5.65 Å². The number of thioether (sulfide) groups is 1. The molecule has 3 aromatic rings. The maximum atomic E-state index is 12.7. The molecule has 0 aliphatic heterocycles. The van der Waals surface area contributed by atoms with Crippen molar-refractivity contribution in [1.82, 2.24) is 19.1 Å². The van der Waals surface area contributed by atoms with E-state index in [2.05, 4.69) is 31.2 Å². The number of rotatable bonds is 6. The second kappa shape index (κ2) is 8.91. The van der Waals surface area contributed by atoms with E-state index in [1.165, 1.54) is 11.6 Å². The zero-order valence-electron chi connectivity index (χ0n) is 16.2. The number of amides is 1. The third-order valence-electron chi connectivity index (χ3n) is 4.25. The fourth-order valence-electron chi connectivity index (χ4n) is 2.78. The Hall–Kier alpha value is -2.46. The quantitative estimate of drug-likeness (QED) is 0.432. The number of carbonyl (C=O) groups is 1. The molecule has 2 heterocycles. The second-order valence-electron chi connectivity index (χ2n) is 6.44. The second-order valence-corrected chi connectivity index (χ2v) is 8.32. The van der Waals surface area contributed by atoms with Gasteiger partial charge in [-0.25, -0.2) is 14.8 Å². The molecule has 1 N–H and O–H groups in total. The number of halogens is 1. The summed E-state index contributed by atoms with van der Waals surface area (Å²) in [6, 6.07) is 7.25. The van der Waals surface area contributed by atoms with Crippen LogP contribution in [0.15, 0.2) is 43.4 Å². The molecule has 0 aliphatic carbocycles. The molecule has 152 valence electrons. The van der Waals surface area contributed by atoms with Gasteiger partial charge in [0.05, 0.1) is 5.75 Å². The number of hydrogen-bond acceptors (Lipinski definition) is 6. The van der Waals surface area contributed by atoms with E-state index in [4.69, 9.17) is 0 Å². The summed E-state index contributed by atoms with van der Waals surface area (Å²) >= 11 is 4.51. The average Bonchev–Trinajstić information content (AvgIpc) is 2.70. The topological polar surface area (TPSA) is 98.9 Å². The van der Waals surface area contributed by atoms with E-state index in [9.17, 15) is 14.4 Å². The molecular weight excluding hydrogens is 458 g/mol. The number of nitrogens with one attached hydrogen (secondary N) is 1. The van der Waals surface area contributed by atoms with Crippen LogP contribution in [-0.2, 0) is 25.3 Å². The van der Waals surface area contributed by atoms with Crippen molar-refractivity contribution in [3.8, 4) is 0 Å². The Morgan fingerprint density at radius 3 is 2.48 bits per heavy atom. The van der Waals surface area contributed by atoms with E-state index in [-0.39, 0.29) is 22.7 Å². The molecule has 0 saturated carbocycles. The summed E-state index contributed by atoms with van der Waals surface area (Å²) in [5.41, 5.74) is 0.0400. The minimum absolute atomic E-state index is 0.0692. The van der Waals surface area contributed by atoms with Gasteiger partial charge in [0.1, 0.15) is 16.2 Å². The Bertz CT molecular complexity index is 1190. The van der Waals surface area contributed by atoms with Crippen LogP contribution in [0.2, 0.25) is 0 Å². The fourth-order valence-corrected chi connectivity index (χ4v) is 3.87. The monoisotopic (exact) mass is 477 g/mol. The summed E-state index contributed by atoms with van der Waals surface area (Å²) in [4.78, 5) is 46.2. The van der Waals surface area contributed by atoms with Gasteiger partial charge in [-0.1, -0.05) is 34.6 Å². The number of anilines is 1. The first-order chi connectivity index (χ1) is 13.8. The van der Waals surface area contributed by atoms with Crippen molar-refractivity contribution in [2.24, 2.45) is 14.1 Å². The molecule has 3 rings (SSSR count). The highest BCUT2D eigenvalue weighted by Crippen LogP contribution is 2.23. The normalized spacial score (nSPS) is 11.0. The number of hydrogen-bond donors (Lipinski definition) is 1. The molecule has 1 aromatic carbocycles. The van der Waals surface area contributed by atoms with Crippen LogP contribution in [0.5, 0.6) is 0 Å². The Morgan fingerprint density at radius 1 is 1.14 bits per heavy atom. The highest BCUT2D eigenvalue weighted by atomic mass is 79.9. The van der Waals surface area contributed by atoms with Crippen LogP contribution >= 0.6 is 27.7 Å². The standard InChI is InChI=1S/C19H20BrN5O3S/c1-4-5-13-22-16-15(18(27)25(3)19(28)24(16)2)17(23-13)29-10-14(26)21-12-8-6-11(20)7-9-12/h6-9H,4-5,10H2,1-3H3,(H,21,26). The van der Waals surface area contributed by atoms with E-state index in [0.29, 0.717) is 23.0 Å². The fraction of sp³-hybridized carbons (Fsp3) is 0.316. The van der Waals surface area contributed by atoms with Crippen LogP contribution in [0, 0.1) is 0 Å². The molecule has 2 aromatic heterocycles. The maximum Gasteiger partial charge on any atom is 0.332 e.